The topological polar surface area (TPSA) is 89.5 Å². The predicted octanol–water partition coefficient (Wildman–Crippen LogP) is 5.47. The Hall–Kier alpha value is -2.74. The first-order chi connectivity index (χ1) is 15.6. The lowest BCUT2D eigenvalue weighted by Crippen LogP contribution is -2.45. The Bertz CT molecular complexity index is 982. The van der Waals surface area contributed by atoms with E-state index < -0.39 is 11.7 Å². The van der Waals surface area contributed by atoms with Gasteiger partial charge >= 0.3 is 6.09 Å². The van der Waals surface area contributed by atoms with Crippen LogP contribution in [0, 0.1) is 6.92 Å². The maximum atomic E-state index is 13.1. The summed E-state index contributed by atoms with van der Waals surface area (Å²) in [5.41, 5.74) is 0.780. The summed E-state index contributed by atoms with van der Waals surface area (Å²) in [5.74, 6) is 0.725. The maximum absolute atomic E-state index is 13.1. The van der Waals surface area contributed by atoms with E-state index in [1.54, 1.807) is 24.0 Å². The Morgan fingerprint density at radius 1 is 1.06 bits per heavy atom. The monoisotopic (exact) mass is 471 g/mol. The van der Waals surface area contributed by atoms with Crippen LogP contribution in [0.15, 0.2) is 41.4 Å². The highest BCUT2D eigenvalue weighted by atomic mass is 32.2. The van der Waals surface area contributed by atoms with Crippen LogP contribution in [-0.4, -0.2) is 40.9 Å². The number of hydrogen-bond acceptors (Lipinski definition) is 6. The quantitative estimate of drug-likeness (QED) is 0.543. The van der Waals surface area contributed by atoms with Gasteiger partial charge in [0, 0.05) is 23.2 Å². The van der Waals surface area contributed by atoms with Gasteiger partial charge in [0.2, 0.25) is 5.88 Å². The summed E-state index contributed by atoms with van der Waals surface area (Å²) in [6.07, 6.45) is 6.41. The lowest BCUT2D eigenvalue weighted by atomic mass is 9.91. The van der Waals surface area contributed by atoms with Gasteiger partial charge in [-0.1, -0.05) is 6.07 Å². The molecule has 0 unspecified atom stereocenters. The number of amides is 2. The van der Waals surface area contributed by atoms with Crippen LogP contribution in [0.4, 0.5) is 4.79 Å². The molecule has 1 aliphatic rings. The van der Waals surface area contributed by atoms with E-state index in [1.165, 1.54) is 0 Å². The van der Waals surface area contributed by atoms with E-state index in [0.29, 0.717) is 11.3 Å². The zero-order valence-electron chi connectivity index (χ0n) is 19.9. The largest absolute Gasteiger partial charge is 0.444 e. The molecular formula is C25H33N3O4S. The highest BCUT2D eigenvalue weighted by Gasteiger charge is 2.27. The number of pyridine rings is 1. The van der Waals surface area contributed by atoms with E-state index in [9.17, 15) is 9.59 Å². The molecule has 0 spiro atoms. The summed E-state index contributed by atoms with van der Waals surface area (Å²) in [5, 5.41) is 6.04. The minimum Gasteiger partial charge on any atom is -0.444 e. The third-order valence-corrected chi connectivity index (χ3v) is 6.00. The smallest absolute Gasteiger partial charge is 0.407 e. The first kappa shape index (κ1) is 24.9. The highest BCUT2D eigenvalue weighted by molar-refractivity contribution is 7.98. The number of aryl methyl sites for hydroxylation is 1. The molecule has 1 aliphatic carbocycles. The Morgan fingerprint density at radius 3 is 2.36 bits per heavy atom. The van der Waals surface area contributed by atoms with E-state index in [4.69, 9.17) is 9.47 Å². The molecule has 0 saturated heterocycles. The lowest BCUT2D eigenvalue weighted by molar-refractivity contribution is 0.0488. The van der Waals surface area contributed by atoms with Gasteiger partial charge in [-0.15, -0.1) is 11.8 Å². The maximum Gasteiger partial charge on any atom is 0.407 e. The summed E-state index contributed by atoms with van der Waals surface area (Å²) < 4.78 is 11.3. The predicted molar refractivity (Wildman–Crippen MR) is 130 cm³/mol. The van der Waals surface area contributed by atoms with E-state index in [1.807, 2.05) is 58.2 Å². The molecule has 3 rings (SSSR count). The molecule has 2 amide bonds. The zero-order chi connectivity index (χ0) is 24.0. The second kappa shape index (κ2) is 10.9. The SMILES string of the molecule is CSc1cccc(Oc2ncc(C)cc2C(=O)NC2CCC(NC(=O)OC(C)(C)C)CC2)c1. The Kier molecular flexibility index (Phi) is 8.24. The molecule has 0 radical (unpaired) electrons. The number of nitrogens with zero attached hydrogens (tertiary/aromatic N) is 1. The van der Waals surface area contributed by atoms with Crippen molar-refractivity contribution in [2.45, 2.75) is 76.0 Å². The number of rotatable bonds is 6. The second-order valence-electron chi connectivity index (χ2n) is 9.31. The zero-order valence-corrected chi connectivity index (χ0v) is 20.8. The molecule has 33 heavy (non-hydrogen) atoms. The van der Waals surface area contributed by atoms with Gasteiger partial charge in [0.05, 0.1) is 0 Å². The van der Waals surface area contributed by atoms with Crippen molar-refractivity contribution in [3.63, 3.8) is 0 Å². The molecule has 1 aromatic heterocycles. The Balaban J connectivity index is 1.59. The molecule has 178 valence electrons. The number of aromatic nitrogens is 1. The van der Waals surface area contributed by atoms with Crippen LogP contribution >= 0.6 is 11.8 Å². The molecule has 1 heterocycles. The molecule has 2 N–H and O–H groups in total. The van der Waals surface area contributed by atoms with Gasteiger partial charge in [-0.05, 0) is 89.5 Å². The molecule has 0 bridgehead atoms. The van der Waals surface area contributed by atoms with Crippen molar-refractivity contribution in [2.24, 2.45) is 0 Å². The summed E-state index contributed by atoms with van der Waals surface area (Å²) in [7, 11) is 0. The van der Waals surface area contributed by atoms with E-state index >= 15 is 0 Å². The first-order valence-electron chi connectivity index (χ1n) is 11.2. The van der Waals surface area contributed by atoms with Crippen LogP contribution in [0.3, 0.4) is 0 Å². The van der Waals surface area contributed by atoms with E-state index in [-0.39, 0.29) is 23.9 Å². The van der Waals surface area contributed by atoms with Crippen LogP contribution in [0.1, 0.15) is 62.4 Å². The molecule has 7 nitrogen and oxygen atoms in total. The number of benzene rings is 1. The standard InChI is InChI=1S/C25H33N3O4S/c1-16-13-21(23(26-15-16)31-19-7-6-8-20(14-19)33-5)22(29)27-17-9-11-18(12-10-17)28-24(30)32-25(2,3)4/h6-8,13-15,17-18H,9-12H2,1-5H3,(H,27,29)(H,28,30). The Labute approximate surface area is 200 Å². The highest BCUT2D eigenvalue weighted by Crippen LogP contribution is 2.28. The summed E-state index contributed by atoms with van der Waals surface area (Å²) in [6, 6.07) is 9.57. The number of thioether (sulfide) groups is 1. The number of carbonyl (C=O) groups excluding carboxylic acids is 2. The fourth-order valence-corrected chi connectivity index (χ4v) is 4.15. The van der Waals surface area contributed by atoms with Gasteiger partial charge in [-0.25, -0.2) is 9.78 Å². The lowest BCUT2D eigenvalue weighted by Gasteiger charge is -2.30. The van der Waals surface area contributed by atoms with Crippen molar-refractivity contribution in [2.75, 3.05) is 6.26 Å². The van der Waals surface area contributed by atoms with Crippen LogP contribution in [-0.2, 0) is 4.74 Å². The molecule has 0 aliphatic heterocycles. The van der Waals surface area contributed by atoms with Crippen molar-refractivity contribution in [3.05, 3.63) is 47.7 Å². The first-order valence-corrected chi connectivity index (χ1v) is 12.4. The van der Waals surface area contributed by atoms with Gasteiger partial charge in [0.25, 0.3) is 5.91 Å². The molecule has 8 heteroatoms. The average Bonchev–Trinajstić information content (AvgIpc) is 2.75. The molecular weight excluding hydrogens is 438 g/mol. The summed E-state index contributed by atoms with van der Waals surface area (Å²) >= 11 is 1.62. The van der Waals surface area contributed by atoms with Crippen LogP contribution < -0.4 is 15.4 Å². The van der Waals surface area contributed by atoms with Crippen molar-refractivity contribution >= 4 is 23.8 Å². The number of nitrogens with one attached hydrogen (secondary N) is 2. The van der Waals surface area contributed by atoms with Crippen LogP contribution in [0.5, 0.6) is 11.6 Å². The van der Waals surface area contributed by atoms with Crippen molar-refractivity contribution in [1.29, 1.82) is 0 Å². The van der Waals surface area contributed by atoms with Gasteiger partial charge in [-0.2, -0.15) is 0 Å². The number of alkyl carbamates (subject to hydrolysis) is 1. The Morgan fingerprint density at radius 2 is 1.73 bits per heavy atom. The van der Waals surface area contributed by atoms with Gasteiger partial charge in [-0.3, -0.25) is 4.79 Å². The second-order valence-corrected chi connectivity index (χ2v) is 10.2. The van der Waals surface area contributed by atoms with Gasteiger partial charge in [0.1, 0.15) is 16.9 Å². The van der Waals surface area contributed by atoms with Gasteiger partial charge in [0.15, 0.2) is 0 Å². The molecule has 2 aromatic rings. The summed E-state index contributed by atoms with van der Waals surface area (Å²) in [6.45, 7) is 7.43. The fraction of sp³-hybridized carbons (Fsp3) is 0.480. The normalized spacial score (nSPS) is 18.3. The van der Waals surface area contributed by atoms with Crippen molar-refractivity contribution < 1.29 is 19.1 Å². The van der Waals surface area contributed by atoms with E-state index in [2.05, 4.69) is 15.6 Å². The molecule has 1 aromatic carbocycles. The van der Waals surface area contributed by atoms with Crippen molar-refractivity contribution in [1.82, 2.24) is 15.6 Å². The van der Waals surface area contributed by atoms with Crippen LogP contribution in [0.25, 0.3) is 0 Å². The molecule has 1 saturated carbocycles. The summed E-state index contributed by atoms with van der Waals surface area (Å²) in [4.78, 5) is 30.5. The number of carbonyl (C=O) groups is 2. The molecule has 0 atom stereocenters. The average molecular weight is 472 g/mol. The van der Waals surface area contributed by atoms with Crippen molar-refractivity contribution in [3.8, 4) is 11.6 Å². The van der Waals surface area contributed by atoms with Gasteiger partial charge < -0.3 is 20.1 Å². The minimum atomic E-state index is -0.520. The number of ether oxygens (including phenoxy) is 2. The van der Waals surface area contributed by atoms with E-state index in [0.717, 1.165) is 36.1 Å². The fourth-order valence-electron chi connectivity index (χ4n) is 3.70. The molecule has 1 fully saturated rings. The third kappa shape index (κ3) is 7.67. The minimum absolute atomic E-state index is 0.0300. The van der Waals surface area contributed by atoms with Crippen LogP contribution in [0.2, 0.25) is 0 Å². The number of hydrogen-bond donors (Lipinski definition) is 2. The third-order valence-electron chi connectivity index (χ3n) is 5.27.